The second kappa shape index (κ2) is 7.16. The van der Waals surface area contributed by atoms with Crippen molar-refractivity contribution in [2.75, 3.05) is 17.7 Å². The summed E-state index contributed by atoms with van der Waals surface area (Å²) in [6, 6.07) is 3.11. The topological polar surface area (TPSA) is 64.3 Å². The molecule has 1 aliphatic carbocycles. The van der Waals surface area contributed by atoms with Crippen molar-refractivity contribution in [3.05, 3.63) is 22.2 Å². The Labute approximate surface area is 128 Å². The fraction of sp³-hybridized carbons (Fsp3) is 0.500. The van der Waals surface area contributed by atoms with E-state index >= 15 is 0 Å². The molecule has 0 bridgehead atoms. The number of carbonyl (C=O) groups is 1. The summed E-state index contributed by atoms with van der Waals surface area (Å²) in [4.78, 5) is 11.8. The molecule has 0 radical (unpaired) electrons. The highest BCUT2D eigenvalue weighted by Crippen LogP contribution is 2.32. The molecule has 1 aromatic carbocycles. The van der Waals surface area contributed by atoms with Gasteiger partial charge in [-0.25, -0.2) is 0 Å². The Morgan fingerprint density at radius 3 is 2.75 bits per heavy atom. The molecule has 0 saturated heterocycles. The molecule has 1 aromatic rings. The summed E-state index contributed by atoms with van der Waals surface area (Å²) in [6.45, 7) is 0.613. The van der Waals surface area contributed by atoms with Crippen molar-refractivity contribution in [1.82, 2.24) is 0 Å². The molecule has 1 aliphatic rings. The summed E-state index contributed by atoms with van der Waals surface area (Å²) >= 11 is 11.8. The third-order valence-corrected chi connectivity index (χ3v) is 3.82. The van der Waals surface area contributed by atoms with Crippen LogP contribution < -0.4 is 11.1 Å². The predicted molar refractivity (Wildman–Crippen MR) is 82.3 cm³/mol. The minimum atomic E-state index is -0.127. The van der Waals surface area contributed by atoms with E-state index in [0.29, 0.717) is 47.0 Å². The number of halogens is 2. The maximum absolute atomic E-state index is 11.8. The van der Waals surface area contributed by atoms with Crippen LogP contribution in [-0.4, -0.2) is 18.6 Å². The van der Waals surface area contributed by atoms with Gasteiger partial charge < -0.3 is 15.8 Å². The molecule has 1 fully saturated rings. The summed E-state index contributed by atoms with van der Waals surface area (Å²) in [5.41, 5.74) is 6.56. The Balaban J connectivity index is 1.76. The summed E-state index contributed by atoms with van der Waals surface area (Å²) < 4.78 is 5.59. The van der Waals surface area contributed by atoms with E-state index in [2.05, 4.69) is 5.32 Å². The molecule has 0 heterocycles. The molecule has 2 rings (SSSR count). The molecular formula is C14H18Cl2N2O2. The molecule has 0 atom stereocenters. The van der Waals surface area contributed by atoms with E-state index < -0.39 is 0 Å². The number of nitrogen functional groups attached to an aromatic ring is 1. The minimum absolute atomic E-state index is 0.127. The normalized spacial score (nSPS) is 14.9. The van der Waals surface area contributed by atoms with Crippen LogP contribution in [0, 0.1) is 0 Å². The van der Waals surface area contributed by atoms with Gasteiger partial charge in [0.15, 0.2) is 0 Å². The summed E-state index contributed by atoms with van der Waals surface area (Å²) in [5, 5.41) is 3.50. The van der Waals surface area contributed by atoms with Crippen LogP contribution in [0.3, 0.4) is 0 Å². The standard InChI is InChI=1S/C14H18Cl2N2O2/c15-9-7-11(16)14(12(17)8-9)18-13(19)5-2-6-20-10-3-1-4-10/h7-8,10H,1-6,17H2,(H,18,19). The molecule has 4 nitrogen and oxygen atoms in total. The van der Waals surface area contributed by atoms with Crippen LogP contribution in [0.15, 0.2) is 12.1 Å². The number of amides is 1. The van der Waals surface area contributed by atoms with E-state index in [1.54, 1.807) is 12.1 Å². The molecular weight excluding hydrogens is 299 g/mol. The fourth-order valence-corrected chi connectivity index (χ4v) is 2.50. The number of hydrogen-bond acceptors (Lipinski definition) is 3. The van der Waals surface area contributed by atoms with Gasteiger partial charge in [0.25, 0.3) is 0 Å². The molecule has 1 amide bonds. The van der Waals surface area contributed by atoms with Gasteiger partial charge in [0.1, 0.15) is 0 Å². The summed E-state index contributed by atoms with van der Waals surface area (Å²) in [7, 11) is 0. The van der Waals surface area contributed by atoms with Crippen LogP contribution in [0.4, 0.5) is 11.4 Å². The molecule has 6 heteroatoms. The first-order chi connectivity index (χ1) is 9.56. The van der Waals surface area contributed by atoms with Gasteiger partial charge in [0.2, 0.25) is 5.91 Å². The average molecular weight is 317 g/mol. The highest BCUT2D eigenvalue weighted by atomic mass is 35.5. The van der Waals surface area contributed by atoms with Crippen LogP contribution in [-0.2, 0) is 9.53 Å². The molecule has 3 N–H and O–H groups in total. The fourth-order valence-electron chi connectivity index (χ4n) is 1.95. The smallest absolute Gasteiger partial charge is 0.224 e. The van der Waals surface area contributed by atoms with Crippen molar-refractivity contribution in [2.45, 2.75) is 38.2 Å². The predicted octanol–water partition coefficient (Wildman–Crippen LogP) is 3.86. The Hall–Kier alpha value is -0.970. The maximum atomic E-state index is 11.8. The van der Waals surface area contributed by atoms with Crippen LogP contribution >= 0.6 is 23.2 Å². The summed E-state index contributed by atoms with van der Waals surface area (Å²) in [6.07, 6.45) is 5.00. The molecule has 110 valence electrons. The number of rotatable bonds is 6. The van der Waals surface area contributed by atoms with Crippen molar-refractivity contribution >= 4 is 40.5 Å². The minimum Gasteiger partial charge on any atom is -0.397 e. The largest absolute Gasteiger partial charge is 0.397 e. The number of nitrogens with one attached hydrogen (secondary N) is 1. The van der Waals surface area contributed by atoms with Gasteiger partial charge >= 0.3 is 0 Å². The van der Waals surface area contributed by atoms with Crippen molar-refractivity contribution in [3.63, 3.8) is 0 Å². The highest BCUT2D eigenvalue weighted by molar-refractivity contribution is 6.37. The third-order valence-electron chi connectivity index (χ3n) is 3.30. The van der Waals surface area contributed by atoms with E-state index in [1.807, 2.05) is 0 Å². The van der Waals surface area contributed by atoms with E-state index in [-0.39, 0.29) is 5.91 Å². The van der Waals surface area contributed by atoms with Gasteiger partial charge in [0.05, 0.1) is 22.5 Å². The third kappa shape index (κ3) is 4.27. The zero-order valence-corrected chi connectivity index (χ0v) is 12.6. The number of nitrogens with two attached hydrogens (primary N) is 1. The Bertz CT molecular complexity index is 467. The SMILES string of the molecule is Nc1cc(Cl)cc(Cl)c1NC(=O)CCCOC1CCC1. The van der Waals surface area contributed by atoms with Crippen LogP contribution in [0.5, 0.6) is 0 Å². The first-order valence-corrected chi connectivity index (χ1v) is 7.48. The number of ether oxygens (including phenoxy) is 1. The summed E-state index contributed by atoms with van der Waals surface area (Å²) in [5.74, 6) is -0.127. The Morgan fingerprint density at radius 2 is 2.15 bits per heavy atom. The van der Waals surface area contributed by atoms with Crippen molar-refractivity contribution in [2.24, 2.45) is 0 Å². The zero-order chi connectivity index (χ0) is 14.5. The van der Waals surface area contributed by atoms with Crippen LogP contribution in [0.25, 0.3) is 0 Å². The second-order valence-electron chi connectivity index (χ2n) is 4.93. The average Bonchev–Trinajstić information content (AvgIpc) is 2.31. The zero-order valence-electron chi connectivity index (χ0n) is 11.1. The molecule has 0 spiro atoms. The van der Waals surface area contributed by atoms with Crippen molar-refractivity contribution in [3.8, 4) is 0 Å². The van der Waals surface area contributed by atoms with E-state index in [9.17, 15) is 4.79 Å². The molecule has 1 saturated carbocycles. The maximum Gasteiger partial charge on any atom is 0.224 e. The van der Waals surface area contributed by atoms with Gasteiger partial charge in [-0.2, -0.15) is 0 Å². The van der Waals surface area contributed by atoms with Gasteiger partial charge in [0, 0.05) is 18.1 Å². The number of carbonyl (C=O) groups excluding carboxylic acids is 1. The highest BCUT2D eigenvalue weighted by Gasteiger charge is 2.17. The van der Waals surface area contributed by atoms with E-state index in [1.165, 1.54) is 6.42 Å². The van der Waals surface area contributed by atoms with Crippen LogP contribution in [0.1, 0.15) is 32.1 Å². The van der Waals surface area contributed by atoms with Gasteiger partial charge in [-0.15, -0.1) is 0 Å². The van der Waals surface area contributed by atoms with Crippen molar-refractivity contribution < 1.29 is 9.53 Å². The lowest BCUT2D eigenvalue weighted by Crippen LogP contribution is -2.22. The van der Waals surface area contributed by atoms with Gasteiger partial charge in [-0.1, -0.05) is 23.2 Å². The Kier molecular flexibility index (Phi) is 5.52. The second-order valence-corrected chi connectivity index (χ2v) is 5.77. The number of hydrogen-bond donors (Lipinski definition) is 2. The van der Waals surface area contributed by atoms with Crippen molar-refractivity contribution in [1.29, 1.82) is 0 Å². The molecule has 0 unspecified atom stereocenters. The lowest BCUT2D eigenvalue weighted by Gasteiger charge is -2.25. The number of anilines is 2. The lowest BCUT2D eigenvalue weighted by atomic mass is 9.96. The molecule has 0 aliphatic heterocycles. The van der Waals surface area contributed by atoms with Gasteiger partial charge in [-0.3, -0.25) is 4.79 Å². The van der Waals surface area contributed by atoms with E-state index in [4.69, 9.17) is 33.7 Å². The Morgan fingerprint density at radius 1 is 1.40 bits per heavy atom. The quantitative estimate of drug-likeness (QED) is 0.618. The number of benzene rings is 1. The lowest BCUT2D eigenvalue weighted by molar-refractivity contribution is -0.116. The molecule has 0 aromatic heterocycles. The van der Waals surface area contributed by atoms with Crippen LogP contribution in [0.2, 0.25) is 10.0 Å². The first-order valence-electron chi connectivity index (χ1n) is 6.72. The van der Waals surface area contributed by atoms with E-state index in [0.717, 1.165) is 12.8 Å². The van der Waals surface area contributed by atoms with Gasteiger partial charge in [-0.05, 0) is 37.8 Å². The monoisotopic (exact) mass is 316 g/mol. The molecule has 20 heavy (non-hydrogen) atoms. The first kappa shape index (κ1) is 15.4.